The molecule has 1 aliphatic heterocycles. The van der Waals surface area contributed by atoms with E-state index in [1.54, 1.807) is 23.6 Å². The van der Waals surface area contributed by atoms with Gasteiger partial charge in [0.2, 0.25) is 0 Å². The number of pyridine rings is 1. The number of fused-ring (bicyclic) bond motifs is 1. The first kappa shape index (κ1) is 23.2. The molecule has 2 N–H and O–H groups in total. The predicted octanol–water partition coefficient (Wildman–Crippen LogP) is 4.45. The van der Waals surface area contributed by atoms with Crippen molar-refractivity contribution in [2.75, 3.05) is 31.2 Å². The Morgan fingerprint density at radius 1 is 1.27 bits per heavy atom. The zero-order valence-electron chi connectivity index (χ0n) is 19.0. The van der Waals surface area contributed by atoms with Crippen molar-refractivity contribution >= 4 is 33.6 Å². The minimum atomic E-state index is -0.606. The molecule has 1 aliphatic rings. The molecule has 0 aliphatic carbocycles. The van der Waals surface area contributed by atoms with Gasteiger partial charge in [-0.2, -0.15) is 0 Å². The molecule has 1 fully saturated rings. The van der Waals surface area contributed by atoms with Gasteiger partial charge in [0.1, 0.15) is 23.0 Å². The van der Waals surface area contributed by atoms with Gasteiger partial charge in [0.25, 0.3) is 0 Å². The van der Waals surface area contributed by atoms with Crippen molar-refractivity contribution in [2.24, 2.45) is 5.73 Å². The Morgan fingerprint density at radius 2 is 2.03 bits per heavy atom. The highest BCUT2D eigenvalue weighted by atomic mass is 32.1. The van der Waals surface area contributed by atoms with E-state index in [1.165, 1.54) is 6.33 Å². The predicted molar refractivity (Wildman–Crippen MR) is 131 cm³/mol. The standard InChI is InChI=1S/C24H27FN6OS/c1-5-17(22(26)24-30-15(3)16(4)33-24)10-18(14(2)25)23-19-12-27-21(11-20(19)28-13-29-23)31-6-8-32-9-7-31/h5,10-13,22H,2,6-9,26H2,1,3-4H3/b17-5+,18-10+. The Bertz CT molecular complexity index is 1230. The number of ether oxygens (including phenoxy) is 1. The second-order valence-corrected chi connectivity index (χ2v) is 9.04. The van der Waals surface area contributed by atoms with Crippen LogP contribution in [0.4, 0.5) is 10.2 Å². The molecule has 0 spiro atoms. The smallest absolute Gasteiger partial charge is 0.130 e. The van der Waals surface area contributed by atoms with Crippen LogP contribution in [0.3, 0.4) is 0 Å². The summed E-state index contributed by atoms with van der Waals surface area (Å²) < 4.78 is 20.2. The largest absolute Gasteiger partial charge is 0.378 e. The summed E-state index contributed by atoms with van der Waals surface area (Å²) in [5.74, 6) is 0.205. The third kappa shape index (κ3) is 4.85. The van der Waals surface area contributed by atoms with Crippen LogP contribution in [0.5, 0.6) is 0 Å². The Balaban J connectivity index is 1.74. The van der Waals surface area contributed by atoms with Gasteiger partial charge in [0.15, 0.2) is 0 Å². The third-order valence-electron chi connectivity index (χ3n) is 5.70. The van der Waals surface area contributed by atoms with E-state index < -0.39 is 11.9 Å². The topological polar surface area (TPSA) is 90.0 Å². The van der Waals surface area contributed by atoms with Crippen LogP contribution in [-0.4, -0.2) is 46.2 Å². The Morgan fingerprint density at radius 3 is 2.67 bits per heavy atom. The van der Waals surface area contributed by atoms with Crippen LogP contribution in [0.15, 0.2) is 48.7 Å². The summed E-state index contributed by atoms with van der Waals surface area (Å²) in [6, 6.07) is 1.41. The summed E-state index contributed by atoms with van der Waals surface area (Å²) in [5.41, 5.74) is 9.52. The average Bonchev–Trinajstić information content (AvgIpc) is 3.17. The van der Waals surface area contributed by atoms with Crippen LogP contribution in [0.1, 0.15) is 34.2 Å². The van der Waals surface area contributed by atoms with Crippen molar-refractivity contribution in [1.29, 1.82) is 0 Å². The maximum absolute atomic E-state index is 14.7. The lowest BCUT2D eigenvalue weighted by Crippen LogP contribution is -2.36. The van der Waals surface area contributed by atoms with Crippen molar-refractivity contribution in [3.05, 3.63) is 70.0 Å². The van der Waals surface area contributed by atoms with Gasteiger partial charge in [-0.3, -0.25) is 0 Å². The molecule has 9 heteroatoms. The molecule has 0 radical (unpaired) electrons. The molecule has 1 atom stereocenters. The molecular formula is C24H27FN6OS. The van der Waals surface area contributed by atoms with Crippen molar-refractivity contribution in [3.63, 3.8) is 0 Å². The number of halogens is 1. The first-order chi connectivity index (χ1) is 15.9. The molecule has 3 aromatic heterocycles. The molecule has 0 aromatic carbocycles. The molecule has 33 heavy (non-hydrogen) atoms. The molecule has 172 valence electrons. The van der Waals surface area contributed by atoms with Crippen molar-refractivity contribution in [2.45, 2.75) is 26.8 Å². The fourth-order valence-electron chi connectivity index (χ4n) is 3.69. The number of aromatic nitrogens is 4. The van der Waals surface area contributed by atoms with E-state index in [1.807, 2.05) is 32.9 Å². The number of morpholine rings is 1. The molecule has 3 aromatic rings. The number of nitrogens with two attached hydrogens (primary N) is 1. The van der Waals surface area contributed by atoms with Crippen molar-refractivity contribution in [3.8, 4) is 0 Å². The number of aryl methyl sites for hydroxylation is 2. The lowest BCUT2D eigenvalue weighted by molar-refractivity contribution is 0.122. The van der Waals surface area contributed by atoms with Gasteiger partial charge in [0, 0.05) is 41.2 Å². The van der Waals surface area contributed by atoms with E-state index in [2.05, 4.69) is 31.4 Å². The van der Waals surface area contributed by atoms with E-state index in [0.29, 0.717) is 29.8 Å². The SMILES string of the molecule is C=C(F)/C(=C\C(=C/C)C(N)c1nc(C)c(C)s1)c1ncnc2cc(N3CCOCC3)ncc12. The monoisotopic (exact) mass is 466 g/mol. The molecule has 7 nitrogen and oxygen atoms in total. The highest BCUT2D eigenvalue weighted by Crippen LogP contribution is 2.33. The maximum atomic E-state index is 14.7. The van der Waals surface area contributed by atoms with Crippen LogP contribution in [0.25, 0.3) is 16.5 Å². The summed E-state index contributed by atoms with van der Waals surface area (Å²) in [6.07, 6.45) is 6.67. The molecule has 4 rings (SSSR count). The fraction of sp³-hybridized carbons (Fsp3) is 0.333. The number of hydrogen-bond acceptors (Lipinski definition) is 8. The number of thiazole rings is 1. The normalized spacial score (nSPS) is 16.3. The number of nitrogens with zero attached hydrogens (tertiary/aromatic N) is 5. The van der Waals surface area contributed by atoms with E-state index in [-0.39, 0.29) is 5.57 Å². The Kier molecular flexibility index (Phi) is 6.92. The Labute approximate surface area is 196 Å². The number of allylic oxidation sites excluding steroid dienone is 3. The number of hydrogen-bond donors (Lipinski definition) is 1. The summed E-state index contributed by atoms with van der Waals surface area (Å²) in [4.78, 5) is 21.2. The third-order valence-corrected chi connectivity index (χ3v) is 6.86. The average molecular weight is 467 g/mol. The maximum Gasteiger partial charge on any atom is 0.130 e. The molecule has 1 saturated heterocycles. The van der Waals surface area contributed by atoms with E-state index in [0.717, 1.165) is 40.1 Å². The number of anilines is 1. The molecule has 4 heterocycles. The van der Waals surface area contributed by atoms with Crippen LogP contribution >= 0.6 is 11.3 Å². The van der Waals surface area contributed by atoms with Crippen LogP contribution in [0, 0.1) is 13.8 Å². The zero-order valence-corrected chi connectivity index (χ0v) is 19.8. The van der Waals surface area contributed by atoms with E-state index in [4.69, 9.17) is 10.5 Å². The Hall–Kier alpha value is -3.01. The van der Waals surface area contributed by atoms with E-state index in [9.17, 15) is 4.39 Å². The minimum Gasteiger partial charge on any atom is -0.378 e. The van der Waals surface area contributed by atoms with Gasteiger partial charge in [-0.15, -0.1) is 11.3 Å². The van der Waals surface area contributed by atoms with Crippen molar-refractivity contribution in [1.82, 2.24) is 19.9 Å². The molecular weight excluding hydrogens is 439 g/mol. The van der Waals surface area contributed by atoms with Gasteiger partial charge in [-0.1, -0.05) is 12.7 Å². The second kappa shape index (κ2) is 9.86. The highest BCUT2D eigenvalue weighted by molar-refractivity contribution is 7.11. The van der Waals surface area contributed by atoms with Crippen LogP contribution in [-0.2, 0) is 4.74 Å². The summed E-state index contributed by atoms with van der Waals surface area (Å²) in [5, 5.41) is 1.42. The quantitative estimate of drug-likeness (QED) is 0.537. The fourth-order valence-corrected chi connectivity index (χ4v) is 4.64. The van der Waals surface area contributed by atoms with Crippen molar-refractivity contribution < 1.29 is 9.13 Å². The van der Waals surface area contributed by atoms with Gasteiger partial charge in [0.05, 0.1) is 36.2 Å². The summed E-state index contributed by atoms with van der Waals surface area (Å²) >= 11 is 1.54. The lowest BCUT2D eigenvalue weighted by Gasteiger charge is -2.27. The summed E-state index contributed by atoms with van der Waals surface area (Å²) in [6.45, 7) is 12.2. The first-order valence-corrected chi connectivity index (χ1v) is 11.6. The first-order valence-electron chi connectivity index (χ1n) is 10.7. The number of rotatable bonds is 6. The van der Waals surface area contributed by atoms with Gasteiger partial charge >= 0.3 is 0 Å². The lowest BCUT2D eigenvalue weighted by atomic mass is 10.00. The van der Waals surface area contributed by atoms with E-state index >= 15 is 0 Å². The molecule has 0 amide bonds. The minimum absolute atomic E-state index is 0.247. The second-order valence-electron chi connectivity index (χ2n) is 7.80. The highest BCUT2D eigenvalue weighted by Gasteiger charge is 2.20. The van der Waals surface area contributed by atoms with Gasteiger partial charge in [-0.25, -0.2) is 24.3 Å². The van der Waals surface area contributed by atoms with Gasteiger partial charge in [-0.05, 0) is 32.4 Å². The van der Waals surface area contributed by atoms with Gasteiger partial charge < -0.3 is 15.4 Å². The zero-order chi connectivity index (χ0) is 23.5. The molecule has 0 saturated carbocycles. The van der Waals surface area contributed by atoms with Crippen LogP contribution in [0.2, 0.25) is 0 Å². The molecule has 1 unspecified atom stereocenters. The summed E-state index contributed by atoms with van der Waals surface area (Å²) in [7, 11) is 0. The van der Waals surface area contributed by atoms with Crippen LogP contribution < -0.4 is 10.6 Å². The molecule has 0 bridgehead atoms.